The third kappa shape index (κ3) is 4.86. The van der Waals surface area contributed by atoms with Crippen LogP contribution in [0, 0.1) is 12.8 Å². The smallest absolute Gasteiger partial charge is 0.288 e. The molecule has 7 nitrogen and oxygen atoms in total. The summed E-state index contributed by atoms with van der Waals surface area (Å²) in [7, 11) is 0. The van der Waals surface area contributed by atoms with E-state index in [9.17, 15) is 14.4 Å². The molecule has 0 spiro atoms. The lowest BCUT2D eigenvalue weighted by atomic mass is 9.95. The topological polar surface area (TPSA) is 79.0 Å². The minimum atomic E-state index is -0.659. The summed E-state index contributed by atoms with van der Waals surface area (Å²) in [6.45, 7) is 5.70. The summed E-state index contributed by atoms with van der Waals surface area (Å²) < 4.78 is 5.21. The molecule has 1 aromatic rings. The second-order valence-electron chi connectivity index (χ2n) is 7.09. The average Bonchev–Trinajstić information content (AvgIpc) is 2.72. The van der Waals surface area contributed by atoms with E-state index in [-0.39, 0.29) is 18.4 Å². The van der Waals surface area contributed by atoms with Crippen LogP contribution in [0.1, 0.15) is 18.4 Å². The van der Waals surface area contributed by atoms with Crippen molar-refractivity contribution in [2.45, 2.75) is 19.8 Å². The number of piperazine rings is 1. The van der Waals surface area contributed by atoms with Crippen LogP contribution < -0.4 is 10.2 Å². The fourth-order valence-electron chi connectivity index (χ4n) is 3.61. The third-order valence-corrected chi connectivity index (χ3v) is 5.30. The van der Waals surface area contributed by atoms with Gasteiger partial charge in [0.1, 0.15) is 0 Å². The number of benzene rings is 1. The molecule has 7 heteroatoms. The molecule has 2 aliphatic rings. The Morgan fingerprint density at radius 1 is 1.07 bits per heavy atom. The summed E-state index contributed by atoms with van der Waals surface area (Å²) in [5.74, 6) is -1.52. The van der Waals surface area contributed by atoms with E-state index in [1.165, 1.54) is 11.3 Å². The van der Waals surface area contributed by atoms with Crippen molar-refractivity contribution >= 4 is 23.3 Å². The number of nitrogens with zero attached hydrogens (tertiary/aromatic N) is 2. The number of Topliss-reactive ketones (excluding diaryl/α,β-unsaturated/α-hetero) is 1. The van der Waals surface area contributed by atoms with Crippen molar-refractivity contribution in [2.75, 3.05) is 50.8 Å². The highest BCUT2D eigenvalue weighted by atomic mass is 16.5. The summed E-state index contributed by atoms with van der Waals surface area (Å²) in [6, 6.07) is 8.21. The average molecular weight is 373 g/mol. The Morgan fingerprint density at radius 2 is 1.74 bits per heavy atom. The minimum Gasteiger partial charge on any atom is -0.381 e. The molecule has 0 radical (unpaired) electrons. The highest BCUT2D eigenvalue weighted by Crippen LogP contribution is 2.20. The van der Waals surface area contributed by atoms with E-state index in [4.69, 9.17) is 4.74 Å². The van der Waals surface area contributed by atoms with Crippen molar-refractivity contribution in [1.29, 1.82) is 0 Å². The van der Waals surface area contributed by atoms with Crippen LogP contribution in [0.15, 0.2) is 24.3 Å². The molecular formula is C20H27N3O4. The summed E-state index contributed by atoms with van der Waals surface area (Å²) in [5.41, 5.74) is 2.41. The number of nitrogens with one attached hydrogen (secondary N) is 1. The Morgan fingerprint density at radius 3 is 2.41 bits per heavy atom. The number of para-hydroxylation sites is 1. The fraction of sp³-hybridized carbons (Fsp3) is 0.550. The van der Waals surface area contributed by atoms with Crippen LogP contribution in [0.4, 0.5) is 5.69 Å². The van der Waals surface area contributed by atoms with Gasteiger partial charge in [-0.3, -0.25) is 14.4 Å². The SMILES string of the molecule is Cc1ccccc1N1CCN(C(=O)CNC(=O)C(=O)C2CCOCC2)CC1. The lowest BCUT2D eigenvalue weighted by molar-refractivity contribution is -0.143. The number of amides is 2. The van der Waals surface area contributed by atoms with Gasteiger partial charge in [-0.05, 0) is 31.4 Å². The molecule has 2 amide bonds. The molecule has 0 saturated carbocycles. The van der Waals surface area contributed by atoms with Gasteiger partial charge in [0.05, 0.1) is 6.54 Å². The second kappa shape index (κ2) is 8.99. The molecule has 0 unspecified atom stereocenters. The Balaban J connectivity index is 1.43. The van der Waals surface area contributed by atoms with Gasteiger partial charge < -0.3 is 19.9 Å². The van der Waals surface area contributed by atoms with Crippen LogP contribution in [0.2, 0.25) is 0 Å². The van der Waals surface area contributed by atoms with Gasteiger partial charge in [-0.15, -0.1) is 0 Å². The summed E-state index contributed by atoms with van der Waals surface area (Å²) in [6.07, 6.45) is 1.14. The number of hydrogen-bond donors (Lipinski definition) is 1. The zero-order chi connectivity index (χ0) is 19.2. The molecule has 1 aromatic carbocycles. The summed E-state index contributed by atoms with van der Waals surface area (Å²) >= 11 is 0. The predicted octanol–water partition coefficient (Wildman–Crippen LogP) is 0.756. The molecule has 2 heterocycles. The molecule has 2 aliphatic heterocycles. The molecule has 3 rings (SSSR count). The van der Waals surface area contributed by atoms with Gasteiger partial charge in [0, 0.05) is 51.0 Å². The Hall–Kier alpha value is -2.41. The van der Waals surface area contributed by atoms with Crippen molar-refractivity contribution < 1.29 is 19.1 Å². The zero-order valence-corrected chi connectivity index (χ0v) is 15.8. The number of anilines is 1. The van der Waals surface area contributed by atoms with Crippen molar-refractivity contribution in [1.82, 2.24) is 10.2 Å². The largest absolute Gasteiger partial charge is 0.381 e. The Kier molecular flexibility index (Phi) is 6.45. The molecule has 0 atom stereocenters. The number of ketones is 1. The number of aryl methyl sites for hydroxylation is 1. The number of ether oxygens (including phenoxy) is 1. The summed E-state index contributed by atoms with van der Waals surface area (Å²) in [4.78, 5) is 40.5. The molecule has 2 saturated heterocycles. The van der Waals surface area contributed by atoms with Crippen LogP contribution in [0.5, 0.6) is 0 Å². The van der Waals surface area contributed by atoms with Crippen LogP contribution in [-0.4, -0.2) is 68.4 Å². The molecule has 146 valence electrons. The van der Waals surface area contributed by atoms with Gasteiger partial charge in [0.25, 0.3) is 5.91 Å². The molecule has 1 N–H and O–H groups in total. The van der Waals surface area contributed by atoms with E-state index in [0.717, 1.165) is 13.1 Å². The maximum atomic E-state index is 12.4. The van der Waals surface area contributed by atoms with Gasteiger partial charge in [0.2, 0.25) is 11.7 Å². The zero-order valence-electron chi connectivity index (χ0n) is 15.8. The van der Waals surface area contributed by atoms with Crippen LogP contribution in [0.3, 0.4) is 0 Å². The van der Waals surface area contributed by atoms with E-state index in [2.05, 4.69) is 29.3 Å². The normalized spacial score (nSPS) is 18.3. The number of carbonyl (C=O) groups is 3. The van der Waals surface area contributed by atoms with Crippen LogP contribution >= 0.6 is 0 Å². The van der Waals surface area contributed by atoms with Gasteiger partial charge >= 0.3 is 0 Å². The summed E-state index contributed by atoms with van der Waals surface area (Å²) in [5, 5.41) is 2.49. The third-order valence-electron chi connectivity index (χ3n) is 5.30. The molecule has 2 fully saturated rings. The van der Waals surface area contributed by atoms with E-state index in [1.807, 2.05) is 12.1 Å². The minimum absolute atomic E-state index is 0.127. The second-order valence-corrected chi connectivity index (χ2v) is 7.09. The number of rotatable bonds is 5. The standard InChI is InChI=1S/C20H27N3O4/c1-15-4-2-3-5-17(15)22-8-10-23(11-9-22)18(24)14-21-20(26)19(25)16-6-12-27-13-7-16/h2-5,16H,6-14H2,1H3,(H,21,26). The highest BCUT2D eigenvalue weighted by molar-refractivity contribution is 6.37. The first-order chi connectivity index (χ1) is 13.1. The fourth-order valence-corrected chi connectivity index (χ4v) is 3.61. The Bertz CT molecular complexity index is 692. The molecule has 0 aromatic heterocycles. The monoisotopic (exact) mass is 373 g/mol. The maximum absolute atomic E-state index is 12.4. The molecule has 27 heavy (non-hydrogen) atoms. The van der Waals surface area contributed by atoms with Crippen LogP contribution in [-0.2, 0) is 19.1 Å². The van der Waals surface area contributed by atoms with Crippen LogP contribution in [0.25, 0.3) is 0 Å². The molecular weight excluding hydrogens is 346 g/mol. The van der Waals surface area contributed by atoms with Gasteiger partial charge in [-0.25, -0.2) is 0 Å². The molecule has 0 bridgehead atoms. The maximum Gasteiger partial charge on any atom is 0.288 e. The first-order valence-corrected chi connectivity index (χ1v) is 9.54. The van der Waals surface area contributed by atoms with Crippen molar-refractivity contribution in [3.8, 4) is 0 Å². The lowest BCUT2D eigenvalue weighted by Gasteiger charge is -2.36. The van der Waals surface area contributed by atoms with Gasteiger partial charge in [0.15, 0.2) is 0 Å². The Labute approximate surface area is 159 Å². The van der Waals surface area contributed by atoms with Crippen molar-refractivity contribution in [3.63, 3.8) is 0 Å². The lowest BCUT2D eigenvalue weighted by Crippen LogP contribution is -2.52. The van der Waals surface area contributed by atoms with Crippen molar-refractivity contribution in [3.05, 3.63) is 29.8 Å². The van der Waals surface area contributed by atoms with E-state index in [0.29, 0.717) is 39.1 Å². The predicted molar refractivity (Wildman–Crippen MR) is 102 cm³/mol. The highest BCUT2D eigenvalue weighted by Gasteiger charge is 2.28. The first-order valence-electron chi connectivity index (χ1n) is 9.54. The first kappa shape index (κ1) is 19.4. The quantitative estimate of drug-likeness (QED) is 0.771. The van der Waals surface area contributed by atoms with Crippen molar-refractivity contribution in [2.24, 2.45) is 5.92 Å². The number of hydrogen-bond acceptors (Lipinski definition) is 5. The number of carbonyl (C=O) groups excluding carboxylic acids is 3. The van der Waals surface area contributed by atoms with Gasteiger partial charge in [-0.2, -0.15) is 0 Å². The van der Waals surface area contributed by atoms with E-state index < -0.39 is 11.7 Å². The molecule has 0 aliphatic carbocycles. The van der Waals surface area contributed by atoms with Gasteiger partial charge in [-0.1, -0.05) is 18.2 Å². The van der Waals surface area contributed by atoms with E-state index in [1.54, 1.807) is 4.90 Å². The van der Waals surface area contributed by atoms with E-state index >= 15 is 0 Å².